The highest BCUT2D eigenvalue weighted by Gasteiger charge is 2.36. The minimum atomic E-state index is -4.87. The van der Waals surface area contributed by atoms with Crippen molar-refractivity contribution in [3.63, 3.8) is 0 Å². The van der Waals surface area contributed by atoms with Crippen molar-refractivity contribution in [2.45, 2.75) is 18.8 Å². The van der Waals surface area contributed by atoms with Gasteiger partial charge in [0.15, 0.2) is 23.5 Å². The van der Waals surface area contributed by atoms with E-state index in [1.54, 1.807) is 0 Å². The standard InChI is InChI=1S/C17H11BrF6O2/c18-12-6-5-11(17(22,23)24)16(14(12)21)26-8-7-13(20)15(25)9-1-3-10(19)4-2-9/h1-6,13H,7-8H2. The monoisotopic (exact) mass is 440 g/mol. The van der Waals surface area contributed by atoms with Crippen LogP contribution in [0.2, 0.25) is 0 Å². The first-order chi connectivity index (χ1) is 12.1. The first-order valence-corrected chi connectivity index (χ1v) is 8.02. The van der Waals surface area contributed by atoms with Crippen LogP contribution in [0.4, 0.5) is 26.3 Å². The molecule has 0 saturated heterocycles. The molecular formula is C17H11BrF6O2. The van der Waals surface area contributed by atoms with Gasteiger partial charge in [-0.1, -0.05) is 0 Å². The maximum absolute atomic E-state index is 14.0. The molecule has 0 N–H and O–H groups in total. The minimum Gasteiger partial charge on any atom is -0.490 e. The van der Waals surface area contributed by atoms with Crippen LogP contribution in [0.25, 0.3) is 0 Å². The maximum atomic E-state index is 14.0. The number of carbonyl (C=O) groups excluding carboxylic acids is 1. The van der Waals surface area contributed by atoms with E-state index in [9.17, 15) is 31.1 Å². The van der Waals surface area contributed by atoms with Crippen molar-refractivity contribution in [3.8, 4) is 5.75 Å². The first kappa shape index (κ1) is 20.3. The van der Waals surface area contributed by atoms with Crippen LogP contribution in [0.5, 0.6) is 5.75 Å². The van der Waals surface area contributed by atoms with Crippen molar-refractivity contribution in [3.05, 3.63) is 63.6 Å². The second kappa shape index (κ2) is 8.11. The molecule has 1 atom stereocenters. The lowest BCUT2D eigenvalue weighted by Crippen LogP contribution is -2.20. The molecule has 2 nitrogen and oxygen atoms in total. The highest BCUT2D eigenvalue weighted by Crippen LogP contribution is 2.40. The number of carbonyl (C=O) groups is 1. The average molecular weight is 441 g/mol. The van der Waals surface area contributed by atoms with Gasteiger partial charge in [0.2, 0.25) is 0 Å². The number of Topliss-reactive ketones (excluding diaryl/α,β-unsaturated/α-hetero) is 1. The molecular weight excluding hydrogens is 430 g/mol. The zero-order chi connectivity index (χ0) is 19.5. The van der Waals surface area contributed by atoms with Crippen LogP contribution >= 0.6 is 15.9 Å². The number of halogens is 7. The van der Waals surface area contributed by atoms with Gasteiger partial charge in [-0.3, -0.25) is 4.79 Å². The summed E-state index contributed by atoms with van der Waals surface area (Å²) >= 11 is 2.75. The van der Waals surface area contributed by atoms with Crippen molar-refractivity contribution < 1.29 is 35.9 Å². The summed E-state index contributed by atoms with van der Waals surface area (Å²) in [7, 11) is 0. The third-order valence-electron chi connectivity index (χ3n) is 3.39. The molecule has 2 rings (SSSR count). The zero-order valence-electron chi connectivity index (χ0n) is 12.9. The molecule has 9 heteroatoms. The third kappa shape index (κ3) is 4.78. The summed E-state index contributed by atoms with van der Waals surface area (Å²) in [5, 5.41) is 0. The van der Waals surface area contributed by atoms with Crippen LogP contribution in [0.1, 0.15) is 22.3 Å². The average Bonchev–Trinajstić information content (AvgIpc) is 2.57. The lowest BCUT2D eigenvalue weighted by atomic mass is 10.1. The molecule has 0 heterocycles. The molecule has 0 aromatic heterocycles. The van der Waals surface area contributed by atoms with E-state index in [1.807, 2.05) is 0 Å². The number of ketones is 1. The Hall–Kier alpha value is -2.03. The van der Waals surface area contributed by atoms with Crippen LogP contribution in [0.3, 0.4) is 0 Å². The molecule has 0 aliphatic rings. The Morgan fingerprint density at radius 3 is 2.27 bits per heavy atom. The Morgan fingerprint density at radius 2 is 1.69 bits per heavy atom. The summed E-state index contributed by atoms with van der Waals surface area (Å²) in [6.07, 6.45) is -7.56. The van der Waals surface area contributed by atoms with Crippen molar-refractivity contribution in [1.29, 1.82) is 0 Å². The van der Waals surface area contributed by atoms with Crippen LogP contribution in [0.15, 0.2) is 40.9 Å². The van der Waals surface area contributed by atoms with Gasteiger partial charge in [0.25, 0.3) is 0 Å². The van der Waals surface area contributed by atoms with E-state index in [4.69, 9.17) is 4.74 Å². The Bertz CT molecular complexity index is 789. The molecule has 140 valence electrons. The van der Waals surface area contributed by atoms with Crippen LogP contribution in [-0.4, -0.2) is 18.6 Å². The number of benzene rings is 2. The van der Waals surface area contributed by atoms with Crippen molar-refractivity contribution >= 4 is 21.7 Å². The maximum Gasteiger partial charge on any atom is 0.420 e. The molecule has 0 radical (unpaired) electrons. The van der Waals surface area contributed by atoms with Gasteiger partial charge in [-0.15, -0.1) is 0 Å². The highest BCUT2D eigenvalue weighted by molar-refractivity contribution is 9.10. The Labute approximate surface area is 152 Å². The second-order valence-electron chi connectivity index (χ2n) is 5.21. The van der Waals surface area contributed by atoms with Gasteiger partial charge >= 0.3 is 6.18 Å². The van der Waals surface area contributed by atoms with Gasteiger partial charge in [0, 0.05) is 12.0 Å². The zero-order valence-corrected chi connectivity index (χ0v) is 14.5. The van der Waals surface area contributed by atoms with Crippen LogP contribution < -0.4 is 4.74 Å². The lowest BCUT2D eigenvalue weighted by Gasteiger charge is -2.16. The highest BCUT2D eigenvalue weighted by atomic mass is 79.9. The molecule has 0 saturated carbocycles. The first-order valence-electron chi connectivity index (χ1n) is 7.23. The lowest BCUT2D eigenvalue weighted by molar-refractivity contribution is -0.139. The van der Waals surface area contributed by atoms with Gasteiger partial charge in [-0.05, 0) is 52.3 Å². The van der Waals surface area contributed by atoms with E-state index >= 15 is 0 Å². The number of hydrogen-bond acceptors (Lipinski definition) is 2. The molecule has 0 fully saturated rings. The van der Waals surface area contributed by atoms with Crippen molar-refractivity contribution in [1.82, 2.24) is 0 Å². The molecule has 0 aliphatic heterocycles. The fraction of sp³-hybridized carbons (Fsp3) is 0.235. The van der Waals surface area contributed by atoms with Crippen LogP contribution in [-0.2, 0) is 6.18 Å². The summed E-state index contributed by atoms with van der Waals surface area (Å²) in [6, 6.07) is 5.62. The van der Waals surface area contributed by atoms with E-state index in [0.717, 1.165) is 30.3 Å². The molecule has 0 spiro atoms. The summed E-state index contributed by atoms with van der Waals surface area (Å²) in [4.78, 5) is 11.8. The summed E-state index contributed by atoms with van der Waals surface area (Å²) in [5.74, 6) is -3.93. The fourth-order valence-electron chi connectivity index (χ4n) is 2.09. The molecule has 0 bridgehead atoms. The Balaban J connectivity index is 2.06. The van der Waals surface area contributed by atoms with Gasteiger partial charge in [-0.25, -0.2) is 13.2 Å². The SMILES string of the molecule is O=C(c1ccc(F)cc1)C(F)CCOc1c(C(F)(F)F)ccc(Br)c1F. The summed E-state index contributed by atoms with van der Waals surface area (Å²) < 4.78 is 83.9. The topological polar surface area (TPSA) is 26.3 Å². The molecule has 1 unspecified atom stereocenters. The molecule has 0 aliphatic carbocycles. The number of hydrogen-bond donors (Lipinski definition) is 0. The smallest absolute Gasteiger partial charge is 0.420 e. The Kier molecular flexibility index (Phi) is 6.33. The fourth-order valence-corrected chi connectivity index (χ4v) is 2.40. The number of rotatable bonds is 6. The van der Waals surface area contributed by atoms with Gasteiger partial charge in [0.05, 0.1) is 11.1 Å². The van der Waals surface area contributed by atoms with Crippen molar-refractivity contribution in [2.24, 2.45) is 0 Å². The molecule has 0 amide bonds. The van der Waals surface area contributed by atoms with E-state index in [1.165, 1.54) is 0 Å². The number of ether oxygens (including phenoxy) is 1. The van der Waals surface area contributed by atoms with E-state index < -0.39 is 54.1 Å². The predicted octanol–water partition coefficient (Wildman–Crippen LogP) is 5.74. The van der Waals surface area contributed by atoms with Crippen LogP contribution in [0, 0.1) is 11.6 Å². The van der Waals surface area contributed by atoms with E-state index in [-0.39, 0.29) is 10.0 Å². The minimum absolute atomic E-state index is 0.0940. The van der Waals surface area contributed by atoms with E-state index in [0.29, 0.717) is 6.07 Å². The third-order valence-corrected chi connectivity index (χ3v) is 4.00. The largest absolute Gasteiger partial charge is 0.490 e. The van der Waals surface area contributed by atoms with Gasteiger partial charge in [0.1, 0.15) is 11.4 Å². The van der Waals surface area contributed by atoms with Crippen molar-refractivity contribution in [2.75, 3.05) is 6.61 Å². The molecule has 2 aromatic rings. The van der Waals surface area contributed by atoms with E-state index in [2.05, 4.69) is 15.9 Å². The quantitative estimate of drug-likeness (QED) is 0.423. The summed E-state index contributed by atoms with van der Waals surface area (Å²) in [6.45, 7) is -0.662. The number of alkyl halides is 4. The summed E-state index contributed by atoms with van der Waals surface area (Å²) in [5.41, 5.74) is -1.44. The molecule has 2 aromatic carbocycles. The van der Waals surface area contributed by atoms with Gasteiger partial charge in [-0.2, -0.15) is 13.2 Å². The predicted molar refractivity (Wildman–Crippen MR) is 84.8 cm³/mol. The second-order valence-corrected chi connectivity index (χ2v) is 6.07. The molecule has 26 heavy (non-hydrogen) atoms. The normalized spacial score (nSPS) is 12.7. The van der Waals surface area contributed by atoms with Gasteiger partial charge < -0.3 is 4.74 Å². The Morgan fingerprint density at radius 1 is 1.08 bits per heavy atom.